The highest BCUT2D eigenvalue weighted by molar-refractivity contribution is 6.56. The summed E-state index contributed by atoms with van der Waals surface area (Å²) in [6.07, 6.45) is 4.17. The van der Waals surface area contributed by atoms with Crippen LogP contribution in [0.2, 0.25) is 12.6 Å². The first-order chi connectivity index (χ1) is 4.75. The van der Waals surface area contributed by atoms with Gasteiger partial charge in [-0.3, -0.25) is 0 Å². The van der Waals surface area contributed by atoms with E-state index in [0.717, 1.165) is 12.9 Å². The molecule has 1 heterocycles. The summed E-state index contributed by atoms with van der Waals surface area (Å²) in [5, 5.41) is 0. The highest BCUT2D eigenvalue weighted by Gasteiger charge is 2.27. The summed E-state index contributed by atoms with van der Waals surface area (Å²) in [4.78, 5) is 2.62. The van der Waals surface area contributed by atoms with Crippen LogP contribution in [0.25, 0.3) is 0 Å². The summed E-state index contributed by atoms with van der Waals surface area (Å²) in [6, 6.07) is 0.757. The minimum atomic E-state index is 0.757. The molecule has 0 bridgehead atoms. The zero-order valence-corrected chi connectivity index (χ0v) is 7.43. The van der Waals surface area contributed by atoms with Crippen LogP contribution in [0.1, 0.15) is 27.2 Å². The molecule has 0 aliphatic carbocycles. The molecule has 0 spiro atoms. The third-order valence-corrected chi connectivity index (χ3v) is 2.56. The third-order valence-electron chi connectivity index (χ3n) is 2.56. The summed E-state index contributed by atoms with van der Waals surface area (Å²) in [5.41, 5.74) is 0. The molecule has 1 aliphatic heterocycles. The van der Waals surface area contributed by atoms with E-state index >= 15 is 0 Å². The SMILES string of the molecule is CCB1CCCN1C(C)C. The largest absolute Gasteiger partial charge is 0.340 e. The van der Waals surface area contributed by atoms with E-state index in [4.69, 9.17) is 0 Å². The van der Waals surface area contributed by atoms with E-state index < -0.39 is 0 Å². The van der Waals surface area contributed by atoms with Gasteiger partial charge in [0.2, 0.25) is 6.85 Å². The van der Waals surface area contributed by atoms with Crippen LogP contribution in [0.3, 0.4) is 0 Å². The van der Waals surface area contributed by atoms with Crippen LogP contribution in [0, 0.1) is 0 Å². The van der Waals surface area contributed by atoms with Crippen LogP contribution in [0.5, 0.6) is 0 Å². The molecule has 0 atom stereocenters. The summed E-state index contributed by atoms with van der Waals surface area (Å²) in [5.74, 6) is 0. The zero-order chi connectivity index (χ0) is 7.56. The lowest BCUT2D eigenvalue weighted by atomic mass is 9.57. The van der Waals surface area contributed by atoms with Crippen LogP contribution >= 0.6 is 0 Å². The van der Waals surface area contributed by atoms with Gasteiger partial charge < -0.3 is 4.81 Å². The molecular weight excluding hydrogens is 121 g/mol. The van der Waals surface area contributed by atoms with Gasteiger partial charge in [0.25, 0.3) is 0 Å². The van der Waals surface area contributed by atoms with Gasteiger partial charge in [0.05, 0.1) is 0 Å². The summed E-state index contributed by atoms with van der Waals surface area (Å²) in [6.45, 7) is 9.11. The van der Waals surface area contributed by atoms with Crippen molar-refractivity contribution in [1.82, 2.24) is 4.81 Å². The average molecular weight is 139 g/mol. The molecule has 1 fully saturated rings. The van der Waals surface area contributed by atoms with Gasteiger partial charge in [-0.1, -0.05) is 33.4 Å². The lowest BCUT2D eigenvalue weighted by Gasteiger charge is -2.25. The standard InChI is InChI=1S/C8H18BN/c1-4-9-6-5-7-10(9)8(2)3/h8H,4-7H2,1-3H3. The molecule has 0 aromatic heterocycles. The third kappa shape index (κ3) is 1.54. The Kier molecular flexibility index (Phi) is 2.78. The molecule has 0 aromatic rings. The Morgan fingerprint density at radius 1 is 1.50 bits per heavy atom. The fourth-order valence-electron chi connectivity index (χ4n) is 1.98. The summed E-state index contributed by atoms with van der Waals surface area (Å²) in [7, 11) is 0. The van der Waals surface area contributed by atoms with Gasteiger partial charge in [-0.15, -0.1) is 0 Å². The minimum Gasteiger partial charge on any atom is -0.340 e. The Hall–Kier alpha value is 0.0249. The Morgan fingerprint density at radius 3 is 2.60 bits per heavy atom. The normalized spacial score (nSPS) is 21.0. The van der Waals surface area contributed by atoms with Crippen LogP contribution < -0.4 is 0 Å². The Morgan fingerprint density at radius 2 is 2.20 bits per heavy atom. The maximum atomic E-state index is 2.62. The van der Waals surface area contributed by atoms with Gasteiger partial charge in [0.15, 0.2) is 0 Å². The van der Waals surface area contributed by atoms with Gasteiger partial charge in [-0.2, -0.15) is 0 Å². The van der Waals surface area contributed by atoms with Crippen molar-refractivity contribution in [3.8, 4) is 0 Å². The number of hydrogen-bond donors (Lipinski definition) is 0. The van der Waals surface area contributed by atoms with Gasteiger partial charge in [0.1, 0.15) is 0 Å². The second-order valence-electron chi connectivity index (χ2n) is 3.54. The van der Waals surface area contributed by atoms with Crippen molar-refractivity contribution in [3.05, 3.63) is 0 Å². The fourth-order valence-corrected chi connectivity index (χ4v) is 1.98. The second-order valence-corrected chi connectivity index (χ2v) is 3.54. The molecule has 0 N–H and O–H groups in total. The highest BCUT2D eigenvalue weighted by atomic mass is 15.1. The first kappa shape index (κ1) is 8.12. The lowest BCUT2D eigenvalue weighted by molar-refractivity contribution is 0.388. The Bertz CT molecular complexity index is 103. The molecule has 2 heteroatoms. The Balaban J connectivity index is 2.42. The first-order valence-electron chi connectivity index (χ1n) is 4.51. The molecule has 1 aliphatic rings. The predicted octanol–water partition coefficient (Wildman–Crippen LogP) is 2.11. The Labute approximate surface area is 64.9 Å². The summed E-state index contributed by atoms with van der Waals surface area (Å²) < 4.78 is 0. The van der Waals surface area contributed by atoms with Gasteiger partial charge in [0, 0.05) is 0 Å². The molecule has 1 rings (SSSR count). The van der Waals surface area contributed by atoms with E-state index in [9.17, 15) is 0 Å². The number of rotatable bonds is 2. The number of nitrogens with zero attached hydrogens (tertiary/aromatic N) is 1. The zero-order valence-electron chi connectivity index (χ0n) is 7.43. The molecule has 0 saturated carbocycles. The molecule has 0 unspecified atom stereocenters. The monoisotopic (exact) mass is 139 g/mol. The smallest absolute Gasteiger partial charge is 0.223 e. The molecule has 58 valence electrons. The van der Waals surface area contributed by atoms with Crippen LogP contribution in [0.15, 0.2) is 0 Å². The van der Waals surface area contributed by atoms with Gasteiger partial charge in [-0.05, 0) is 19.0 Å². The maximum absolute atomic E-state index is 2.62. The van der Waals surface area contributed by atoms with Crippen molar-refractivity contribution < 1.29 is 0 Å². The van der Waals surface area contributed by atoms with Gasteiger partial charge in [-0.25, -0.2) is 0 Å². The molecule has 10 heavy (non-hydrogen) atoms. The quantitative estimate of drug-likeness (QED) is 0.529. The minimum absolute atomic E-state index is 0.757. The second kappa shape index (κ2) is 3.43. The first-order valence-corrected chi connectivity index (χ1v) is 4.51. The molecule has 0 amide bonds. The van der Waals surface area contributed by atoms with E-state index in [0.29, 0.717) is 0 Å². The van der Waals surface area contributed by atoms with Crippen LogP contribution in [-0.2, 0) is 0 Å². The van der Waals surface area contributed by atoms with E-state index in [1.165, 1.54) is 25.6 Å². The fraction of sp³-hybridized carbons (Fsp3) is 1.00. The topological polar surface area (TPSA) is 3.24 Å². The van der Waals surface area contributed by atoms with Crippen molar-refractivity contribution in [2.45, 2.75) is 45.9 Å². The predicted molar refractivity (Wildman–Crippen MR) is 47.5 cm³/mol. The van der Waals surface area contributed by atoms with Crippen LogP contribution in [0.4, 0.5) is 0 Å². The van der Waals surface area contributed by atoms with Gasteiger partial charge >= 0.3 is 0 Å². The van der Waals surface area contributed by atoms with Crippen LogP contribution in [-0.4, -0.2) is 24.2 Å². The van der Waals surface area contributed by atoms with Crippen molar-refractivity contribution in [1.29, 1.82) is 0 Å². The van der Waals surface area contributed by atoms with E-state index in [1.54, 1.807) is 0 Å². The average Bonchev–Trinajstić information content (AvgIpc) is 2.33. The van der Waals surface area contributed by atoms with Crippen molar-refractivity contribution >= 4 is 6.85 Å². The molecule has 1 saturated heterocycles. The summed E-state index contributed by atoms with van der Waals surface area (Å²) >= 11 is 0. The van der Waals surface area contributed by atoms with Crippen molar-refractivity contribution in [2.24, 2.45) is 0 Å². The molecule has 1 nitrogen and oxygen atoms in total. The highest BCUT2D eigenvalue weighted by Crippen LogP contribution is 2.19. The molecule has 0 aromatic carbocycles. The van der Waals surface area contributed by atoms with E-state index in [2.05, 4.69) is 25.6 Å². The van der Waals surface area contributed by atoms with Crippen molar-refractivity contribution in [3.63, 3.8) is 0 Å². The van der Waals surface area contributed by atoms with E-state index in [-0.39, 0.29) is 0 Å². The molecular formula is C8H18BN. The van der Waals surface area contributed by atoms with Crippen molar-refractivity contribution in [2.75, 3.05) is 6.54 Å². The lowest BCUT2D eigenvalue weighted by Crippen LogP contribution is -2.38. The van der Waals surface area contributed by atoms with E-state index in [1.807, 2.05) is 0 Å². The number of hydrogen-bond acceptors (Lipinski definition) is 1. The molecule has 0 radical (unpaired) electrons. The maximum Gasteiger partial charge on any atom is 0.223 e.